The van der Waals surface area contributed by atoms with Crippen LogP contribution >= 0.6 is 11.6 Å². The van der Waals surface area contributed by atoms with Gasteiger partial charge in [0.2, 0.25) is 0 Å². The number of phenolic OH excluding ortho intramolecular Hbond substituents is 1. The fraction of sp³-hybridized carbons (Fsp3) is 0.125. The van der Waals surface area contributed by atoms with Crippen molar-refractivity contribution in [3.63, 3.8) is 0 Å². The molecule has 0 aliphatic heterocycles. The van der Waals surface area contributed by atoms with Gasteiger partial charge < -0.3 is 10.8 Å². The number of rotatable bonds is 2. The number of fused-ring (bicyclic) bond motifs is 1. The summed E-state index contributed by atoms with van der Waals surface area (Å²) in [6, 6.07) is 4.66. The van der Waals surface area contributed by atoms with E-state index in [0.29, 0.717) is 11.1 Å². The predicted molar refractivity (Wildman–Crippen MR) is 84.2 cm³/mol. The van der Waals surface area contributed by atoms with Crippen LogP contribution in [-0.2, 0) is 0 Å². The number of hydrogen-bond acceptors (Lipinski definition) is 4. The van der Waals surface area contributed by atoms with E-state index in [4.69, 9.17) is 17.3 Å². The molecule has 118 valence electrons. The molecule has 23 heavy (non-hydrogen) atoms. The van der Waals surface area contributed by atoms with E-state index >= 15 is 0 Å². The Labute approximate surface area is 135 Å². The Kier molecular flexibility index (Phi) is 3.87. The van der Waals surface area contributed by atoms with Gasteiger partial charge in [-0.05, 0) is 25.1 Å². The van der Waals surface area contributed by atoms with Gasteiger partial charge in [-0.3, -0.25) is 0 Å². The summed E-state index contributed by atoms with van der Waals surface area (Å²) in [6.45, 7) is 1.70. The zero-order valence-electron chi connectivity index (χ0n) is 12.0. The van der Waals surface area contributed by atoms with Crippen molar-refractivity contribution in [2.75, 3.05) is 0 Å². The minimum atomic E-state index is -0.836. The van der Waals surface area contributed by atoms with Crippen LogP contribution in [0.1, 0.15) is 18.7 Å². The SMILES string of the molecule is CC(N)c1ncnc2c(F)c(-c3c(O)cccc3F)c(Cl)cc12. The third kappa shape index (κ3) is 2.50. The minimum Gasteiger partial charge on any atom is -0.507 e. The Morgan fingerprint density at radius 1 is 1.22 bits per heavy atom. The Bertz CT molecular complexity index is 895. The largest absolute Gasteiger partial charge is 0.507 e. The summed E-state index contributed by atoms with van der Waals surface area (Å²) in [6.07, 6.45) is 1.18. The first kappa shape index (κ1) is 15.6. The summed E-state index contributed by atoms with van der Waals surface area (Å²) in [5.74, 6) is -2.03. The van der Waals surface area contributed by atoms with Crippen molar-refractivity contribution in [2.45, 2.75) is 13.0 Å². The second-order valence-corrected chi connectivity index (χ2v) is 5.53. The predicted octanol–water partition coefficient (Wildman–Crippen LogP) is 3.95. The summed E-state index contributed by atoms with van der Waals surface area (Å²) in [4.78, 5) is 7.95. The lowest BCUT2D eigenvalue weighted by Crippen LogP contribution is -2.09. The van der Waals surface area contributed by atoms with Gasteiger partial charge in [0, 0.05) is 17.0 Å². The highest BCUT2D eigenvalue weighted by molar-refractivity contribution is 6.34. The van der Waals surface area contributed by atoms with Gasteiger partial charge in [-0.1, -0.05) is 17.7 Å². The number of aromatic hydroxyl groups is 1. The van der Waals surface area contributed by atoms with Gasteiger partial charge in [0.25, 0.3) is 0 Å². The fourth-order valence-electron chi connectivity index (χ4n) is 2.50. The molecule has 2 aromatic carbocycles. The van der Waals surface area contributed by atoms with E-state index < -0.39 is 23.4 Å². The zero-order valence-corrected chi connectivity index (χ0v) is 12.8. The highest BCUT2D eigenvalue weighted by Gasteiger charge is 2.23. The average Bonchev–Trinajstić information content (AvgIpc) is 2.49. The first-order chi connectivity index (χ1) is 10.9. The first-order valence-corrected chi connectivity index (χ1v) is 7.15. The van der Waals surface area contributed by atoms with E-state index in [1.54, 1.807) is 6.92 Å². The van der Waals surface area contributed by atoms with Crippen LogP contribution in [-0.4, -0.2) is 15.1 Å². The molecule has 4 nitrogen and oxygen atoms in total. The molecule has 0 aliphatic carbocycles. The van der Waals surface area contributed by atoms with Crippen LogP contribution in [0.3, 0.4) is 0 Å². The van der Waals surface area contributed by atoms with E-state index in [1.807, 2.05) is 0 Å². The summed E-state index contributed by atoms with van der Waals surface area (Å²) in [7, 11) is 0. The number of phenols is 1. The van der Waals surface area contributed by atoms with E-state index in [0.717, 1.165) is 6.07 Å². The van der Waals surface area contributed by atoms with Gasteiger partial charge in [-0.25, -0.2) is 18.7 Å². The van der Waals surface area contributed by atoms with Crippen molar-refractivity contribution in [3.8, 4) is 16.9 Å². The molecular weight excluding hydrogens is 324 g/mol. The second kappa shape index (κ2) is 5.72. The van der Waals surface area contributed by atoms with Crippen LogP contribution in [0, 0.1) is 11.6 Å². The van der Waals surface area contributed by atoms with Crippen molar-refractivity contribution >= 4 is 22.5 Å². The summed E-state index contributed by atoms with van der Waals surface area (Å²) >= 11 is 6.15. The Morgan fingerprint density at radius 2 is 1.96 bits per heavy atom. The number of halogens is 3. The normalized spacial score (nSPS) is 12.6. The molecule has 7 heteroatoms. The van der Waals surface area contributed by atoms with Crippen LogP contribution in [0.15, 0.2) is 30.6 Å². The molecule has 0 saturated carbocycles. The molecule has 0 spiro atoms. The van der Waals surface area contributed by atoms with Gasteiger partial charge in [-0.15, -0.1) is 0 Å². The topological polar surface area (TPSA) is 72.0 Å². The molecular formula is C16H12ClF2N3O. The highest BCUT2D eigenvalue weighted by atomic mass is 35.5. The van der Waals surface area contributed by atoms with Crippen molar-refractivity contribution in [3.05, 3.63) is 52.9 Å². The molecule has 3 aromatic rings. The van der Waals surface area contributed by atoms with Gasteiger partial charge in [0.15, 0.2) is 5.82 Å². The lowest BCUT2D eigenvalue weighted by Gasteiger charge is -2.14. The molecule has 0 amide bonds. The molecule has 0 bridgehead atoms. The van der Waals surface area contributed by atoms with Crippen LogP contribution in [0.4, 0.5) is 8.78 Å². The van der Waals surface area contributed by atoms with Crippen molar-refractivity contribution in [1.82, 2.24) is 9.97 Å². The molecule has 1 atom stereocenters. The highest BCUT2D eigenvalue weighted by Crippen LogP contribution is 2.41. The summed E-state index contributed by atoms with van der Waals surface area (Å²) in [5.41, 5.74) is 5.67. The molecule has 3 rings (SSSR count). The van der Waals surface area contributed by atoms with E-state index in [9.17, 15) is 13.9 Å². The van der Waals surface area contributed by atoms with Crippen molar-refractivity contribution in [1.29, 1.82) is 0 Å². The molecule has 1 heterocycles. The van der Waals surface area contributed by atoms with Crippen LogP contribution in [0.5, 0.6) is 5.75 Å². The second-order valence-electron chi connectivity index (χ2n) is 5.13. The van der Waals surface area contributed by atoms with Crippen LogP contribution in [0.25, 0.3) is 22.0 Å². The first-order valence-electron chi connectivity index (χ1n) is 6.77. The summed E-state index contributed by atoms with van der Waals surface area (Å²) in [5, 5.41) is 10.2. The standard InChI is InChI=1S/C16H12ClF2N3O/c1-7(20)15-8-5-9(17)12(14(19)16(8)22-6-21-15)13-10(18)3-2-4-11(13)23/h2-7,23H,20H2,1H3. The lowest BCUT2D eigenvalue weighted by molar-refractivity contribution is 0.471. The van der Waals surface area contributed by atoms with Crippen molar-refractivity contribution in [2.24, 2.45) is 5.73 Å². The summed E-state index contributed by atoms with van der Waals surface area (Å²) < 4.78 is 29.0. The van der Waals surface area contributed by atoms with Crippen LogP contribution < -0.4 is 5.73 Å². The number of hydrogen-bond donors (Lipinski definition) is 2. The van der Waals surface area contributed by atoms with Crippen molar-refractivity contribution < 1.29 is 13.9 Å². The van der Waals surface area contributed by atoms with Gasteiger partial charge in [0.1, 0.15) is 23.4 Å². The average molecular weight is 336 g/mol. The third-order valence-electron chi connectivity index (χ3n) is 3.52. The Balaban J connectivity index is 2.41. The van der Waals surface area contributed by atoms with Gasteiger partial charge in [-0.2, -0.15) is 0 Å². The molecule has 1 aromatic heterocycles. The Morgan fingerprint density at radius 3 is 2.61 bits per heavy atom. The molecule has 0 saturated heterocycles. The number of nitrogens with zero attached hydrogens (tertiary/aromatic N) is 2. The molecule has 0 fully saturated rings. The Hall–Kier alpha value is -2.31. The lowest BCUT2D eigenvalue weighted by atomic mass is 9.99. The molecule has 3 N–H and O–H groups in total. The van der Waals surface area contributed by atoms with Gasteiger partial charge in [0.05, 0.1) is 16.3 Å². The molecule has 0 radical (unpaired) electrons. The molecule has 1 unspecified atom stereocenters. The third-order valence-corrected chi connectivity index (χ3v) is 3.82. The zero-order chi connectivity index (χ0) is 16.7. The monoisotopic (exact) mass is 335 g/mol. The maximum absolute atomic E-state index is 14.9. The maximum Gasteiger partial charge on any atom is 0.159 e. The smallest absolute Gasteiger partial charge is 0.159 e. The van der Waals surface area contributed by atoms with Gasteiger partial charge >= 0.3 is 0 Å². The minimum absolute atomic E-state index is 0.0330. The molecule has 0 aliphatic rings. The number of benzene rings is 2. The van der Waals surface area contributed by atoms with Crippen LogP contribution in [0.2, 0.25) is 5.02 Å². The van der Waals surface area contributed by atoms with E-state index in [1.165, 1.54) is 24.5 Å². The maximum atomic E-state index is 14.9. The fourth-order valence-corrected chi connectivity index (χ4v) is 2.79. The quantitative estimate of drug-likeness (QED) is 0.743. The van der Waals surface area contributed by atoms with E-state index in [2.05, 4.69) is 9.97 Å². The number of nitrogens with two attached hydrogens (primary N) is 1. The number of aromatic nitrogens is 2. The van der Waals surface area contributed by atoms with E-state index in [-0.39, 0.29) is 21.7 Å².